The zero-order valence-electron chi connectivity index (χ0n) is 43.4. The Labute approximate surface area is 460 Å². The summed E-state index contributed by atoms with van der Waals surface area (Å²) in [5, 5.41) is 23.9. The summed E-state index contributed by atoms with van der Waals surface area (Å²) in [7, 11) is -26.2. The predicted octanol–water partition coefficient (Wildman–Crippen LogP) is 4.65. The van der Waals surface area contributed by atoms with Crippen molar-refractivity contribution < 1.29 is 96.3 Å². The molecule has 0 radical (unpaired) electrons. The Hall–Kier alpha value is -4.94. The van der Waals surface area contributed by atoms with Gasteiger partial charge in [0.1, 0.15) is 52.2 Å². The molecule has 436 valence electrons. The molecule has 1 fully saturated rings. The van der Waals surface area contributed by atoms with Crippen LogP contribution in [0.4, 0.5) is 17.2 Å². The molecule has 2 aromatic carbocycles. The number of hydrogen-bond acceptors (Lipinski definition) is 21. The van der Waals surface area contributed by atoms with Crippen LogP contribution in [-0.4, -0.2) is 138 Å². The number of imidazole rings is 1. The minimum absolute atomic E-state index is 0.0202. The number of anilines is 2. The molecule has 1 saturated heterocycles. The highest BCUT2D eigenvalue weighted by Gasteiger charge is 2.59. The average molecular weight is 1220 g/mol. The largest absolute Gasteiger partial charge is 0.744 e. The maximum absolute atomic E-state index is 12.8. The molecule has 0 bridgehead atoms. The lowest BCUT2D eigenvalue weighted by Crippen LogP contribution is -2.43. The van der Waals surface area contributed by atoms with Crippen molar-refractivity contribution in [2.24, 2.45) is 0 Å². The molecule has 9 atom stereocenters. The zero-order valence-corrected chi connectivity index (χ0v) is 47.7. The molecule has 2 aromatic heterocycles. The molecule has 28 nitrogen and oxygen atoms in total. The number of ether oxygens (including phenoxy) is 1. The summed E-state index contributed by atoms with van der Waals surface area (Å²) < 4.78 is 136. The van der Waals surface area contributed by atoms with Crippen LogP contribution in [-0.2, 0) is 72.0 Å². The monoisotopic (exact) mass is 1210 g/mol. The summed E-state index contributed by atoms with van der Waals surface area (Å²) in [5.41, 5.74) is 8.41. The van der Waals surface area contributed by atoms with Gasteiger partial charge in [-0.05, 0) is 94.0 Å². The Balaban J connectivity index is 0.766. The second-order valence-corrected chi connectivity index (χ2v) is 27.0. The van der Waals surface area contributed by atoms with Crippen LogP contribution >= 0.6 is 23.5 Å². The van der Waals surface area contributed by atoms with Crippen LogP contribution in [0, 0.1) is 0 Å². The van der Waals surface area contributed by atoms with Crippen LogP contribution in [0.1, 0.15) is 89.5 Å². The number of allylic oxidation sites excluding steroid dienone is 4. The van der Waals surface area contributed by atoms with Crippen molar-refractivity contribution in [2.75, 3.05) is 43.5 Å². The number of nitrogens with zero attached hydrogens (tertiary/aromatic N) is 6. The third-order valence-electron chi connectivity index (χ3n) is 14.6. The molecule has 5 heterocycles. The van der Waals surface area contributed by atoms with Gasteiger partial charge in [-0.25, -0.2) is 37.1 Å². The Morgan fingerprint density at radius 1 is 0.887 bits per heavy atom. The van der Waals surface area contributed by atoms with Gasteiger partial charge in [-0.1, -0.05) is 25.5 Å². The number of nitrogens with two attached hydrogens (primary N) is 1. The first-order valence-corrected chi connectivity index (χ1v) is 32.4. The van der Waals surface area contributed by atoms with Gasteiger partial charge in [0.25, 0.3) is 10.1 Å². The topological polar surface area (TPSA) is 415 Å². The number of hydrogen-bond donors (Lipinski definition) is 8. The second-order valence-electron chi connectivity index (χ2n) is 19.6. The summed E-state index contributed by atoms with van der Waals surface area (Å²) in [4.78, 5) is 56.0. The summed E-state index contributed by atoms with van der Waals surface area (Å²) in [6.07, 6.45) is 5.42. The van der Waals surface area contributed by atoms with E-state index in [-0.39, 0.29) is 40.6 Å². The van der Waals surface area contributed by atoms with Gasteiger partial charge in [0, 0.05) is 55.0 Å². The van der Waals surface area contributed by atoms with Crippen LogP contribution in [0.2, 0.25) is 0 Å². The minimum atomic E-state index is -5.82. The van der Waals surface area contributed by atoms with E-state index in [1.54, 1.807) is 12.1 Å². The molecule has 1 aliphatic carbocycles. The molecule has 4 aliphatic rings. The maximum Gasteiger partial charge on any atom is 0.490 e. The number of phosphoric ester groups is 2. The molecule has 0 spiro atoms. The molecule has 33 heteroatoms. The number of amides is 1. The lowest BCUT2D eigenvalue weighted by atomic mass is 9.60. The van der Waals surface area contributed by atoms with Crippen molar-refractivity contribution in [1.82, 2.24) is 24.8 Å². The fourth-order valence-electron chi connectivity index (χ4n) is 10.6. The molecule has 80 heavy (non-hydrogen) atoms. The Morgan fingerprint density at radius 3 is 2.26 bits per heavy atom. The summed E-state index contributed by atoms with van der Waals surface area (Å²) in [6, 6.07) is 8.63. The van der Waals surface area contributed by atoms with Gasteiger partial charge in [-0.3, -0.25) is 23.0 Å². The number of carbonyl (C=O) groups is 1. The fourth-order valence-corrected chi connectivity index (χ4v) is 15.2. The first-order chi connectivity index (χ1) is 37.4. The highest BCUT2D eigenvalue weighted by Crippen LogP contribution is 2.68. The van der Waals surface area contributed by atoms with Gasteiger partial charge in [-0.15, -0.1) is 0 Å². The van der Waals surface area contributed by atoms with E-state index in [2.05, 4.69) is 40.0 Å². The zero-order chi connectivity index (χ0) is 58.4. The number of phosphoric acid groups is 3. The number of carbonyl (C=O) groups excluding carboxylic acids is 1. The van der Waals surface area contributed by atoms with Crippen LogP contribution in [0.15, 0.2) is 94.9 Å². The first kappa shape index (κ1) is 61.1. The normalized spacial score (nSPS) is 26.1. The first-order valence-electron chi connectivity index (χ1n) is 25.1. The number of aliphatic hydroxyl groups excluding tert-OH is 2. The molecule has 4 aromatic rings. The van der Waals surface area contributed by atoms with E-state index in [4.69, 9.17) is 15.0 Å². The lowest BCUT2D eigenvalue weighted by molar-refractivity contribution is -0.438. The number of unbranched alkanes of at least 4 members (excludes halogenated alkanes) is 5. The number of nitrogen functional groups attached to an aromatic ring is 1. The molecule has 0 saturated carbocycles. The summed E-state index contributed by atoms with van der Waals surface area (Å²) in [6.45, 7) is 10.2. The number of rotatable bonds is 25. The van der Waals surface area contributed by atoms with E-state index in [0.29, 0.717) is 86.2 Å². The summed E-state index contributed by atoms with van der Waals surface area (Å²) >= 11 is 0. The number of likely N-dealkylation sites (N-methyl/N-ethyl adjacent to an activating group) is 1. The Kier molecular flexibility index (Phi) is 17.9. The third-order valence-corrected chi connectivity index (χ3v) is 20.5. The average Bonchev–Trinajstić information content (AvgIpc) is 4.12. The van der Waals surface area contributed by atoms with Crippen molar-refractivity contribution in [3.63, 3.8) is 0 Å². The molecule has 9 N–H and O–H groups in total. The van der Waals surface area contributed by atoms with E-state index in [9.17, 15) is 69.3 Å². The van der Waals surface area contributed by atoms with Crippen molar-refractivity contribution in [1.29, 1.82) is 0 Å². The highest BCUT2D eigenvalue weighted by molar-refractivity contribution is 7.86. The fraction of sp³-hybridized carbons (Fsp3) is 0.468. The van der Waals surface area contributed by atoms with E-state index >= 15 is 0 Å². The van der Waals surface area contributed by atoms with Gasteiger partial charge >= 0.3 is 23.5 Å². The van der Waals surface area contributed by atoms with Crippen LogP contribution in [0.25, 0.3) is 11.2 Å². The number of fused-ring (bicyclic) bond motifs is 7. The molecular formula is C47H61N8O20P3S2. The molecule has 5 unspecified atom stereocenters. The van der Waals surface area contributed by atoms with Crippen LogP contribution < -0.4 is 16.0 Å². The standard InChI is InChI=1S/C47H61N8O20P3S2/c1-5-53-34-19-17-30(79(65,66)67)24-32(34)46(3)29(2)47(4)33-25-31(80(68,69)70)18-20-35(33)54(38(47)15-13-14-37(46)53)22-11-8-9-16-39(56)49-21-10-6-7-12-23-71-76(59,60)74-78(63,64)75-77(61,62)72-26-36-41(57)42(58)45(73-36)55-28-52-40-43(48)50-27-51-44(40)55/h13-15,17-20,24-25,27-28,36,41-42,45,57-58H,2,5-12,16,21-23,26H2,1,3-4H3,(H7-,48,49,50,51,56,59,60,61,62,63,64,65,66,67,68,69,70)/t36-,41-,42-,45-,46?,47?/m1/s1. The SMILES string of the molecule is C=C1C2(C)C(=[N+](CCCCCC(=O)NCCCCCCOP(=O)(O)OP(=O)(O)OP(=O)(O)OC[C@H]3O[C@@H](n4cnc5c(N)ncnc54)[C@H](O)[C@@H]3O)c3ccc(S(=O)(=O)[O-])cc32)/C=C/C=C2/N(CC)c3ccc(S(=O)(=O)O)cc3C12C. The number of aromatic nitrogens is 4. The van der Waals surface area contributed by atoms with Gasteiger partial charge in [-0.2, -0.15) is 21.6 Å². The lowest BCUT2D eigenvalue weighted by Gasteiger charge is -2.40. The molecule has 3 aliphatic heterocycles. The number of benzene rings is 2. The van der Waals surface area contributed by atoms with E-state index < -0.39 is 97.2 Å². The van der Waals surface area contributed by atoms with Crippen molar-refractivity contribution in [2.45, 2.75) is 117 Å². The Morgan fingerprint density at radius 2 is 1.56 bits per heavy atom. The second kappa shape index (κ2) is 23.4. The number of aliphatic hydroxyl groups is 2. The highest BCUT2D eigenvalue weighted by atomic mass is 32.2. The van der Waals surface area contributed by atoms with Crippen LogP contribution in [0.5, 0.6) is 0 Å². The minimum Gasteiger partial charge on any atom is -0.744 e. The smallest absolute Gasteiger partial charge is 0.490 e. The number of nitrogens with one attached hydrogen (secondary N) is 1. The molecular weight excluding hydrogens is 1150 g/mol. The van der Waals surface area contributed by atoms with Gasteiger partial charge in [0.15, 0.2) is 23.4 Å². The summed E-state index contributed by atoms with van der Waals surface area (Å²) in [5.74, 6) is -0.171. The van der Waals surface area contributed by atoms with E-state index in [1.807, 2.05) is 48.5 Å². The van der Waals surface area contributed by atoms with Gasteiger partial charge in [0.05, 0.1) is 34.7 Å². The van der Waals surface area contributed by atoms with Crippen LogP contribution in [0.3, 0.4) is 0 Å². The van der Waals surface area contributed by atoms with E-state index in [1.165, 1.54) is 35.2 Å². The van der Waals surface area contributed by atoms with Crippen molar-refractivity contribution >= 4 is 83.7 Å². The quantitative estimate of drug-likeness (QED) is 0.0147. The van der Waals surface area contributed by atoms with Gasteiger partial charge < -0.3 is 50.1 Å². The third kappa shape index (κ3) is 12.5. The molecule has 8 rings (SSSR count). The predicted molar refractivity (Wildman–Crippen MR) is 284 cm³/mol. The molecule has 1 amide bonds. The van der Waals surface area contributed by atoms with Crippen molar-refractivity contribution in [3.05, 3.63) is 96.3 Å². The Bertz CT molecular complexity index is 3580. The van der Waals surface area contributed by atoms with Crippen molar-refractivity contribution in [3.8, 4) is 0 Å². The maximum atomic E-state index is 12.8. The van der Waals surface area contributed by atoms with Gasteiger partial charge in [0.2, 0.25) is 11.6 Å². The van der Waals surface area contributed by atoms with E-state index in [0.717, 1.165) is 17.7 Å².